The molecule has 4 nitrogen and oxygen atoms in total. The lowest BCUT2D eigenvalue weighted by Crippen LogP contribution is -2.24. The minimum atomic E-state index is -0.907. The fourth-order valence-electron chi connectivity index (χ4n) is 1.67. The van der Waals surface area contributed by atoms with Crippen molar-refractivity contribution in [2.45, 2.75) is 45.3 Å². The second-order valence-electron chi connectivity index (χ2n) is 4.66. The van der Waals surface area contributed by atoms with Crippen molar-refractivity contribution in [1.29, 1.82) is 0 Å². The van der Waals surface area contributed by atoms with Crippen LogP contribution in [0.2, 0.25) is 0 Å². The molecule has 1 saturated heterocycles. The molecular formula is C11H20O4S. The zero-order chi connectivity index (χ0) is 12.1. The maximum atomic E-state index is 11.7. The molecule has 3 unspecified atom stereocenters. The van der Waals surface area contributed by atoms with Gasteiger partial charge in [0.25, 0.3) is 0 Å². The minimum absolute atomic E-state index is 0.130. The quantitative estimate of drug-likeness (QED) is 0.772. The van der Waals surface area contributed by atoms with Gasteiger partial charge in [-0.25, -0.2) is 4.79 Å². The van der Waals surface area contributed by atoms with Crippen molar-refractivity contribution in [2.75, 3.05) is 11.5 Å². The van der Waals surface area contributed by atoms with E-state index in [9.17, 15) is 9.00 Å². The van der Waals surface area contributed by atoms with Crippen molar-refractivity contribution in [2.24, 2.45) is 5.92 Å². The Bertz CT molecular complexity index is 265. The molecule has 1 aliphatic heterocycles. The van der Waals surface area contributed by atoms with E-state index in [1.54, 1.807) is 0 Å². The van der Waals surface area contributed by atoms with Gasteiger partial charge in [-0.2, -0.15) is 0 Å². The van der Waals surface area contributed by atoms with Gasteiger partial charge in [-0.3, -0.25) is 4.21 Å². The maximum absolute atomic E-state index is 11.7. The molecule has 1 rings (SSSR count). The number of ether oxygens (including phenoxy) is 1. The molecule has 0 amide bonds. The van der Waals surface area contributed by atoms with E-state index in [0.717, 1.165) is 6.42 Å². The number of carboxylic acids is 1. The topological polar surface area (TPSA) is 63.6 Å². The molecule has 1 heterocycles. The highest BCUT2D eigenvalue weighted by Crippen LogP contribution is 2.20. The van der Waals surface area contributed by atoms with Gasteiger partial charge in [0.2, 0.25) is 0 Å². The van der Waals surface area contributed by atoms with E-state index < -0.39 is 22.9 Å². The Morgan fingerprint density at radius 3 is 2.69 bits per heavy atom. The van der Waals surface area contributed by atoms with Gasteiger partial charge in [0.05, 0.1) is 6.10 Å². The summed E-state index contributed by atoms with van der Waals surface area (Å²) in [7, 11) is -0.877. The lowest BCUT2D eigenvalue weighted by Gasteiger charge is -2.11. The molecule has 0 spiro atoms. The van der Waals surface area contributed by atoms with Crippen molar-refractivity contribution in [3.8, 4) is 0 Å². The Hall–Kier alpha value is -0.420. The van der Waals surface area contributed by atoms with Gasteiger partial charge in [0.1, 0.15) is 0 Å². The van der Waals surface area contributed by atoms with Crippen LogP contribution in [0.5, 0.6) is 0 Å². The van der Waals surface area contributed by atoms with Gasteiger partial charge < -0.3 is 9.84 Å². The Morgan fingerprint density at radius 1 is 1.50 bits per heavy atom. The Morgan fingerprint density at radius 2 is 2.19 bits per heavy atom. The zero-order valence-electron chi connectivity index (χ0n) is 9.85. The van der Waals surface area contributed by atoms with Crippen LogP contribution < -0.4 is 0 Å². The van der Waals surface area contributed by atoms with Gasteiger partial charge in [0, 0.05) is 22.3 Å². The summed E-state index contributed by atoms with van der Waals surface area (Å²) in [6.45, 7) is 4.20. The second-order valence-corrected chi connectivity index (χ2v) is 6.28. The molecule has 0 aliphatic carbocycles. The molecule has 0 aromatic carbocycles. The largest absolute Gasteiger partial charge is 0.479 e. The summed E-state index contributed by atoms with van der Waals surface area (Å²) in [6.07, 6.45) is 1.38. The van der Waals surface area contributed by atoms with Crippen LogP contribution in [0.1, 0.15) is 33.1 Å². The van der Waals surface area contributed by atoms with E-state index in [1.165, 1.54) is 0 Å². The third kappa shape index (κ3) is 4.61. The maximum Gasteiger partial charge on any atom is 0.332 e. The number of carboxylic acid groups (broad SMARTS) is 1. The van der Waals surface area contributed by atoms with Crippen molar-refractivity contribution in [3.05, 3.63) is 0 Å². The van der Waals surface area contributed by atoms with Gasteiger partial charge in [-0.05, 0) is 25.2 Å². The molecule has 5 heteroatoms. The van der Waals surface area contributed by atoms with E-state index in [-0.39, 0.29) is 6.10 Å². The molecule has 0 radical (unpaired) electrons. The van der Waals surface area contributed by atoms with Gasteiger partial charge in [-0.15, -0.1) is 0 Å². The summed E-state index contributed by atoms with van der Waals surface area (Å²) in [6, 6.07) is 0. The minimum Gasteiger partial charge on any atom is -0.479 e. The summed E-state index contributed by atoms with van der Waals surface area (Å²) < 4.78 is 17.0. The predicted octanol–water partition coefficient (Wildman–Crippen LogP) is 1.41. The lowest BCUT2D eigenvalue weighted by molar-refractivity contribution is -0.148. The first-order chi connectivity index (χ1) is 7.49. The molecule has 1 N–H and O–H groups in total. The van der Waals surface area contributed by atoms with Crippen LogP contribution >= 0.6 is 0 Å². The molecule has 1 fully saturated rings. The highest BCUT2D eigenvalue weighted by molar-refractivity contribution is 7.85. The van der Waals surface area contributed by atoms with Crippen LogP contribution in [0.15, 0.2) is 0 Å². The first kappa shape index (κ1) is 13.6. The number of hydrogen-bond acceptors (Lipinski definition) is 3. The van der Waals surface area contributed by atoms with E-state index in [0.29, 0.717) is 30.3 Å². The molecule has 0 aromatic rings. The monoisotopic (exact) mass is 248 g/mol. The first-order valence-corrected chi connectivity index (χ1v) is 7.21. The van der Waals surface area contributed by atoms with Crippen LogP contribution in [-0.4, -0.2) is 39.0 Å². The smallest absolute Gasteiger partial charge is 0.332 e. The van der Waals surface area contributed by atoms with Crippen molar-refractivity contribution in [3.63, 3.8) is 0 Å². The normalized spacial score (nSPS) is 27.2. The molecular weight excluding hydrogens is 228 g/mol. The van der Waals surface area contributed by atoms with Crippen LogP contribution in [0.4, 0.5) is 0 Å². The number of aliphatic carboxylic acids is 1. The Labute approximate surface area is 98.8 Å². The molecule has 94 valence electrons. The zero-order valence-corrected chi connectivity index (χ0v) is 10.7. The second kappa shape index (κ2) is 6.35. The van der Waals surface area contributed by atoms with Crippen LogP contribution in [-0.2, 0) is 20.3 Å². The van der Waals surface area contributed by atoms with E-state index in [1.807, 2.05) is 0 Å². The summed E-state index contributed by atoms with van der Waals surface area (Å²) in [5.74, 6) is 0.821. The summed E-state index contributed by atoms with van der Waals surface area (Å²) in [5.41, 5.74) is 0. The SMILES string of the molecule is CC(C)CCS(=O)CC1CCC(C(=O)O)O1. The van der Waals surface area contributed by atoms with E-state index in [2.05, 4.69) is 13.8 Å². The van der Waals surface area contributed by atoms with Crippen molar-refractivity contribution >= 4 is 16.8 Å². The fraction of sp³-hybridized carbons (Fsp3) is 0.909. The van der Waals surface area contributed by atoms with E-state index >= 15 is 0 Å². The van der Waals surface area contributed by atoms with Crippen LogP contribution in [0, 0.1) is 5.92 Å². The number of rotatable bonds is 6. The Balaban J connectivity index is 2.23. The molecule has 1 aliphatic rings. The van der Waals surface area contributed by atoms with Crippen LogP contribution in [0.25, 0.3) is 0 Å². The molecule has 0 aromatic heterocycles. The predicted molar refractivity (Wildman–Crippen MR) is 62.9 cm³/mol. The highest BCUT2D eigenvalue weighted by Gasteiger charge is 2.31. The van der Waals surface area contributed by atoms with Gasteiger partial charge in [-0.1, -0.05) is 13.8 Å². The molecule has 0 bridgehead atoms. The average Bonchev–Trinajstić information content (AvgIpc) is 2.63. The lowest BCUT2D eigenvalue weighted by atomic mass is 10.2. The molecule has 3 atom stereocenters. The van der Waals surface area contributed by atoms with Crippen molar-refractivity contribution in [1.82, 2.24) is 0 Å². The van der Waals surface area contributed by atoms with Crippen molar-refractivity contribution < 1.29 is 18.8 Å². The van der Waals surface area contributed by atoms with Gasteiger partial charge in [0.15, 0.2) is 6.10 Å². The molecule has 0 saturated carbocycles. The third-order valence-electron chi connectivity index (χ3n) is 2.68. The molecule has 16 heavy (non-hydrogen) atoms. The standard InChI is InChI=1S/C11H20O4S/c1-8(2)5-6-16(14)7-9-3-4-10(15-9)11(12)13/h8-10H,3-7H2,1-2H3,(H,12,13). The number of hydrogen-bond donors (Lipinski definition) is 1. The third-order valence-corrected chi connectivity index (χ3v) is 4.11. The fourth-order valence-corrected chi connectivity index (χ4v) is 3.23. The average molecular weight is 248 g/mol. The summed E-state index contributed by atoms with van der Waals surface area (Å²) >= 11 is 0. The van der Waals surface area contributed by atoms with Crippen LogP contribution in [0.3, 0.4) is 0 Å². The Kier molecular flexibility index (Phi) is 5.41. The first-order valence-electron chi connectivity index (χ1n) is 5.72. The van der Waals surface area contributed by atoms with Gasteiger partial charge >= 0.3 is 5.97 Å². The summed E-state index contributed by atoms with van der Waals surface area (Å²) in [5, 5.41) is 8.74. The number of carbonyl (C=O) groups is 1. The van der Waals surface area contributed by atoms with E-state index in [4.69, 9.17) is 9.84 Å². The summed E-state index contributed by atoms with van der Waals surface area (Å²) in [4.78, 5) is 10.6. The highest BCUT2D eigenvalue weighted by atomic mass is 32.2.